The molecule has 2 aliphatic heterocycles. The Morgan fingerprint density at radius 1 is 0.951 bits per heavy atom. The van der Waals surface area contributed by atoms with Crippen molar-refractivity contribution in [2.24, 2.45) is 0 Å². The standard InChI is InChI=1S/C30H29Cl3FNO5S/c31-30(32,33)20-39-28(36)35-14-12-29(13-15-35)11-10-24-16-22(8-9-27(24)40-29)23-6-7-25(26(34)17-23)19-41(37,38)18-21-4-2-1-3-5-21/h1-9,16-17H,10-15,18-20H2. The number of likely N-dealkylation sites (tertiary alicyclic amines) is 1. The predicted molar refractivity (Wildman–Crippen MR) is 159 cm³/mol. The van der Waals surface area contributed by atoms with Gasteiger partial charge in [0, 0.05) is 31.5 Å². The number of benzene rings is 3. The number of ether oxygens (including phenoxy) is 2. The summed E-state index contributed by atoms with van der Waals surface area (Å²) in [5.41, 5.74) is 2.96. The molecule has 0 unspecified atom stereocenters. The molecule has 0 radical (unpaired) electrons. The van der Waals surface area contributed by atoms with E-state index in [2.05, 4.69) is 0 Å². The highest BCUT2D eigenvalue weighted by molar-refractivity contribution is 7.89. The Morgan fingerprint density at radius 2 is 1.63 bits per heavy atom. The molecular formula is C30H29Cl3FNO5S. The fourth-order valence-electron chi connectivity index (χ4n) is 5.34. The van der Waals surface area contributed by atoms with E-state index in [-0.39, 0.29) is 29.3 Å². The molecule has 1 spiro atoms. The first-order chi connectivity index (χ1) is 19.4. The van der Waals surface area contributed by atoms with E-state index in [0.717, 1.165) is 29.7 Å². The van der Waals surface area contributed by atoms with Gasteiger partial charge in [-0.05, 0) is 53.3 Å². The van der Waals surface area contributed by atoms with E-state index in [9.17, 15) is 13.2 Å². The summed E-state index contributed by atoms with van der Waals surface area (Å²) in [5.74, 6) is -0.279. The molecule has 0 bridgehead atoms. The third kappa shape index (κ3) is 7.66. The molecule has 0 saturated carbocycles. The van der Waals surface area contributed by atoms with Crippen LogP contribution < -0.4 is 4.74 Å². The van der Waals surface area contributed by atoms with Crippen LogP contribution in [0.15, 0.2) is 66.7 Å². The van der Waals surface area contributed by atoms with E-state index in [1.54, 1.807) is 41.3 Å². The molecule has 1 amide bonds. The summed E-state index contributed by atoms with van der Waals surface area (Å²) in [6.07, 6.45) is 2.35. The second-order valence-corrected chi connectivity index (χ2v) is 15.2. The maximum Gasteiger partial charge on any atom is 0.409 e. The Kier molecular flexibility index (Phi) is 8.76. The number of nitrogens with zero attached hydrogens (tertiary/aromatic N) is 1. The minimum atomic E-state index is -3.53. The highest BCUT2D eigenvalue weighted by Crippen LogP contribution is 2.41. The van der Waals surface area contributed by atoms with Crippen molar-refractivity contribution < 1.29 is 27.1 Å². The number of halogens is 4. The number of amides is 1. The molecule has 41 heavy (non-hydrogen) atoms. The minimum absolute atomic E-state index is 0.139. The van der Waals surface area contributed by atoms with Gasteiger partial charge in [0.25, 0.3) is 0 Å². The lowest BCUT2D eigenvalue weighted by Gasteiger charge is -2.44. The van der Waals surface area contributed by atoms with Crippen molar-refractivity contribution in [3.05, 3.63) is 89.2 Å². The van der Waals surface area contributed by atoms with Crippen LogP contribution in [0.1, 0.15) is 36.0 Å². The van der Waals surface area contributed by atoms with Gasteiger partial charge in [0.05, 0.1) is 11.5 Å². The monoisotopic (exact) mass is 639 g/mol. The Hall–Kier alpha value is -2.52. The second-order valence-electron chi connectivity index (χ2n) is 10.6. The van der Waals surface area contributed by atoms with Crippen molar-refractivity contribution in [2.75, 3.05) is 19.7 Å². The molecular weight excluding hydrogens is 612 g/mol. The lowest BCUT2D eigenvalue weighted by molar-refractivity contribution is -0.0141. The van der Waals surface area contributed by atoms with E-state index in [0.29, 0.717) is 37.1 Å². The number of carbonyl (C=O) groups excluding carboxylic acids is 1. The summed E-state index contributed by atoms with van der Waals surface area (Å²) in [6, 6.07) is 19.3. The van der Waals surface area contributed by atoms with Crippen molar-refractivity contribution in [3.8, 4) is 16.9 Å². The SMILES string of the molecule is O=C(OCC(Cl)(Cl)Cl)N1CCC2(CCc3cc(-c4ccc(CS(=O)(=O)Cc5ccccc5)c(F)c4)ccc3O2)CC1. The number of hydrogen-bond donors (Lipinski definition) is 0. The summed E-state index contributed by atoms with van der Waals surface area (Å²) in [6.45, 7) is 0.627. The maximum absolute atomic E-state index is 15.0. The zero-order valence-electron chi connectivity index (χ0n) is 22.1. The Labute approximate surface area is 254 Å². The topological polar surface area (TPSA) is 72.9 Å². The minimum Gasteiger partial charge on any atom is -0.487 e. The number of alkyl halides is 3. The van der Waals surface area contributed by atoms with Gasteiger partial charge in [-0.2, -0.15) is 0 Å². The summed E-state index contributed by atoms with van der Waals surface area (Å²) in [4.78, 5) is 13.9. The van der Waals surface area contributed by atoms with Crippen molar-refractivity contribution in [2.45, 2.75) is 46.6 Å². The maximum atomic E-state index is 15.0. The number of sulfone groups is 1. The first-order valence-corrected chi connectivity index (χ1v) is 16.2. The fraction of sp³-hybridized carbons (Fsp3) is 0.367. The van der Waals surface area contributed by atoms with Crippen LogP contribution in [-0.2, 0) is 32.5 Å². The molecule has 2 aliphatic rings. The predicted octanol–water partition coefficient (Wildman–Crippen LogP) is 7.27. The van der Waals surface area contributed by atoms with Crippen LogP contribution in [0.5, 0.6) is 5.75 Å². The van der Waals surface area contributed by atoms with Crippen LogP contribution in [0, 0.1) is 5.82 Å². The molecule has 0 atom stereocenters. The number of fused-ring (bicyclic) bond motifs is 1. The van der Waals surface area contributed by atoms with E-state index in [4.69, 9.17) is 44.3 Å². The van der Waals surface area contributed by atoms with E-state index in [1.807, 2.05) is 24.3 Å². The summed E-state index contributed by atoms with van der Waals surface area (Å²) >= 11 is 17.0. The molecule has 11 heteroatoms. The molecule has 5 rings (SSSR count). The Bertz CT molecular complexity index is 1520. The number of rotatable bonds is 6. The number of carbonyl (C=O) groups is 1. The summed E-state index contributed by atoms with van der Waals surface area (Å²) < 4.78 is 50.2. The molecule has 0 aliphatic carbocycles. The first kappa shape index (κ1) is 30.0. The van der Waals surface area contributed by atoms with Crippen molar-refractivity contribution >= 4 is 50.7 Å². The lowest BCUT2D eigenvalue weighted by atomic mass is 9.82. The molecule has 0 aromatic heterocycles. The largest absolute Gasteiger partial charge is 0.487 e. The Morgan fingerprint density at radius 3 is 2.32 bits per heavy atom. The zero-order valence-corrected chi connectivity index (χ0v) is 25.2. The van der Waals surface area contributed by atoms with E-state index in [1.165, 1.54) is 6.07 Å². The van der Waals surface area contributed by atoms with Crippen LogP contribution in [-0.4, -0.2) is 48.5 Å². The van der Waals surface area contributed by atoms with Gasteiger partial charge >= 0.3 is 6.09 Å². The van der Waals surface area contributed by atoms with Crippen molar-refractivity contribution in [1.29, 1.82) is 0 Å². The third-order valence-electron chi connectivity index (χ3n) is 7.52. The zero-order chi connectivity index (χ0) is 29.3. The normalized spacial score (nSPS) is 16.6. The molecule has 3 aromatic rings. The van der Waals surface area contributed by atoms with E-state index < -0.39 is 25.5 Å². The van der Waals surface area contributed by atoms with Crippen LogP contribution in [0.2, 0.25) is 0 Å². The fourth-order valence-corrected chi connectivity index (χ4v) is 7.02. The van der Waals surface area contributed by atoms with Gasteiger partial charge in [0.1, 0.15) is 23.8 Å². The summed E-state index contributed by atoms with van der Waals surface area (Å²) in [5, 5.41) is 0. The van der Waals surface area contributed by atoms with Gasteiger partial charge < -0.3 is 14.4 Å². The Balaban J connectivity index is 1.21. The smallest absolute Gasteiger partial charge is 0.409 e. The molecule has 3 aromatic carbocycles. The average molecular weight is 641 g/mol. The van der Waals surface area contributed by atoms with Crippen LogP contribution in [0.3, 0.4) is 0 Å². The van der Waals surface area contributed by atoms with Gasteiger partial charge in [-0.1, -0.05) is 83.3 Å². The number of aryl methyl sites for hydroxylation is 1. The number of hydrogen-bond acceptors (Lipinski definition) is 5. The van der Waals surface area contributed by atoms with Crippen LogP contribution in [0.25, 0.3) is 11.1 Å². The third-order valence-corrected chi connectivity index (χ3v) is 9.37. The van der Waals surface area contributed by atoms with Crippen LogP contribution >= 0.6 is 34.8 Å². The quantitative estimate of drug-likeness (QED) is 0.265. The molecule has 218 valence electrons. The van der Waals surface area contributed by atoms with Gasteiger partial charge in [-0.3, -0.25) is 0 Å². The highest BCUT2D eigenvalue weighted by Gasteiger charge is 2.41. The van der Waals surface area contributed by atoms with Gasteiger partial charge in [0.2, 0.25) is 3.79 Å². The molecule has 1 fully saturated rings. The highest BCUT2D eigenvalue weighted by atomic mass is 35.6. The second kappa shape index (κ2) is 12.0. The van der Waals surface area contributed by atoms with Gasteiger partial charge in [0.15, 0.2) is 9.84 Å². The number of piperidine rings is 1. The first-order valence-electron chi connectivity index (χ1n) is 13.2. The van der Waals surface area contributed by atoms with E-state index >= 15 is 4.39 Å². The van der Waals surface area contributed by atoms with Crippen molar-refractivity contribution in [3.63, 3.8) is 0 Å². The molecule has 6 nitrogen and oxygen atoms in total. The van der Waals surface area contributed by atoms with Crippen LogP contribution in [0.4, 0.5) is 9.18 Å². The molecule has 1 saturated heterocycles. The molecule has 0 N–H and O–H groups in total. The lowest BCUT2D eigenvalue weighted by Crippen LogP contribution is -2.51. The van der Waals surface area contributed by atoms with Gasteiger partial charge in [-0.25, -0.2) is 17.6 Å². The average Bonchev–Trinajstić information content (AvgIpc) is 2.93. The molecule has 2 heterocycles. The van der Waals surface area contributed by atoms with Crippen molar-refractivity contribution in [1.82, 2.24) is 4.90 Å². The summed E-state index contributed by atoms with van der Waals surface area (Å²) in [7, 11) is -3.53. The van der Waals surface area contributed by atoms with Gasteiger partial charge in [-0.15, -0.1) is 0 Å².